The molecule has 3 aromatic heterocycles. The lowest BCUT2D eigenvalue weighted by molar-refractivity contribution is 1.18. The molecule has 11 aromatic carbocycles. The highest BCUT2D eigenvalue weighted by atomic mass is 15.0. The first kappa shape index (κ1) is 35.8. The van der Waals surface area contributed by atoms with Gasteiger partial charge >= 0.3 is 0 Å². The van der Waals surface area contributed by atoms with Gasteiger partial charge in [0.1, 0.15) is 0 Å². The number of rotatable bonds is 5. The molecule has 65 heavy (non-hydrogen) atoms. The summed E-state index contributed by atoms with van der Waals surface area (Å²) in [4.78, 5) is 15.9. The molecule has 0 saturated carbocycles. The molecule has 0 unspecified atom stereocenters. The third-order valence-electron chi connectivity index (χ3n) is 13.5. The summed E-state index contributed by atoms with van der Waals surface area (Å²) in [5.41, 5.74) is 12.7. The summed E-state index contributed by atoms with van der Waals surface area (Å²) in [5.74, 6) is 0.708. The molecule has 0 bridgehead atoms. The summed E-state index contributed by atoms with van der Waals surface area (Å²) in [6.45, 7) is 0. The highest BCUT2D eigenvalue weighted by Gasteiger charge is 2.20. The fourth-order valence-electron chi connectivity index (χ4n) is 10.5. The zero-order valence-corrected chi connectivity index (χ0v) is 35.1. The van der Waals surface area contributed by atoms with Gasteiger partial charge in [-0.3, -0.25) is 0 Å². The van der Waals surface area contributed by atoms with Crippen LogP contribution in [0.25, 0.3) is 137 Å². The number of hydrogen-bond donors (Lipinski definition) is 0. The first-order valence-corrected chi connectivity index (χ1v) is 22.2. The van der Waals surface area contributed by atoms with Gasteiger partial charge in [0.25, 0.3) is 0 Å². The fraction of sp³-hybridized carbons (Fsp3) is 0. The van der Waals surface area contributed by atoms with Crippen LogP contribution >= 0.6 is 0 Å². The average molecular weight is 825 g/mol. The summed E-state index contributed by atoms with van der Waals surface area (Å²) >= 11 is 0. The Morgan fingerprint density at radius 3 is 1.74 bits per heavy atom. The van der Waals surface area contributed by atoms with E-state index in [-0.39, 0.29) is 0 Å². The fourth-order valence-corrected chi connectivity index (χ4v) is 10.5. The largest absolute Gasteiger partial charge is 0.309 e. The molecular formula is C61H36N4. The van der Waals surface area contributed by atoms with Crippen LogP contribution in [-0.2, 0) is 0 Å². The predicted octanol–water partition coefficient (Wildman–Crippen LogP) is 16.0. The Balaban J connectivity index is 0.912. The SMILES string of the molecule is c1ccc(-c2nc3cc4c5ccc(-c6ccc(-c7nc(-c8ccc9ccc%10cccc%11ccc8c9c%10%11)c8ccccc8n7)cc6)cc5n(-c5ccccc5)c4cc3c3ccccc23)cc1. The Morgan fingerprint density at radius 1 is 0.292 bits per heavy atom. The molecule has 0 fully saturated rings. The number of benzene rings is 11. The first-order valence-electron chi connectivity index (χ1n) is 22.2. The van der Waals surface area contributed by atoms with Crippen molar-refractivity contribution >= 4 is 86.7 Å². The summed E-state index contributed by atoms with van der Waals surface area (Å²) in [6, 6.07) is 78.5. The molecule has 0 aliphatic rings. The summed E-state index contributed by atoms with van der Waals surface area (Å²) in [6.07, 6.45) is 0. The van der Waals surface area contributed by atoms with E-state index in [4.69, 9.17) is 15.0 Å². The number of pyridine rings is 1. The summed E-state index contributed by atoms with van der Waals surface area (Å²) in [5, 5.41) is 14.4. The molecule has 0 atom stereocenters. The van der Waals surface area contributed by atoms with E-state index in [2.05, 4.69) is 223 Å². The van der Waals surface area contributed by atoms with E-state index < -0.39 is 0 Å². The van der Waals surface area contributed by atoms with Gasteiger partial charge < -0.3 is 4.57 Å². The molecule has 4 heteroatoms. The van der Waals surface area contributed by atoms with Crippen LogP contribution in [-0.4, -0.2) is 19.5 Å². The second kappa shape index (κ2) is 13.9. The number of nitrogens with zero attached hydrogens (tertiary/aromatic N) is 4. The van der Waals surface area contributed by atoms with E-state index in [0.29, 0.717) is 5.82 Å². The van der Waals surface area contributed by atoms with Gasteiger partial charge in [0.15, 0.2) is 5.82 Å². The number of aromatic nitrogens is 4. The molecule has 0 N–H and O–H groups in total. The number of hydrogen-bond acceptors (Lipinski definition) is 3. The number of fused-ring (bicyclic) bond motifs is 7. The van der Waals surface area contributed by atoms with Gasteiger partial charge in [-0.2, -0.15) is 0 Å². The van der Waals surface area contributed by atoms with Crippen molar-refractivity contribution in [3.05, 3.63) is 218 Å². The lowest BCUT2D eigenvalue weighted by atomic mass is 9.90. The maximum absolute atomic E-state index is 5.38. The Kier molecular flexibility index (Phi) is 7.65. The normalized spacial score (nSPS) is 12.0. The molecule has 0 aliphatic carbocycles. The van der Waals surface area contributed by atoms with Gasteiger partial charge in [-0.05, 0) is 85.2 Å². The van der Waals surface area contributed by atoms with Gasteiger partial charge in [-0.15, -0.1) is 0 Å². The molecule has 3 heterocycles. The Bertz CT molecular complexity index is 4190. The second-order valence-corrected chi connectivity index (χ2v) is 17.1. The van der Waals surface area contributed by atoms with E-state index in [1.54, 1.807) is 0 Å². The summed E-state index contributed by atoms with van der Waals surface area (Å²) < 4.78 is 2.41. The van der Waals surface area contributed by atoms with Gasteiger partial charge in [-0.1, -0.05) is 182 Å². The van der Waals surface area contributed by atoms with Crippen molar-refractivity contribution in [1.29, 1.82) is 0 Å². The third-order valence-corrected chi connectivity index (χ3v) is 13.5. The van der Waals surface area contributed by atoms with Gasteiger partial charge in [0.05, 0.1) is 33.5 Å². The Labute approximate surface area is 373 Å². The van der Waals surface area contributed by atoms with E-state index in [1.807, 2.05) is 0 Å². The van der Waals surface area contributed by atoms with Crippen molar-refractivity contribution in [1.82, 2.24) is 19.5 Å². The zero-order chi connectivity index (χ0) is 42.6. The minimum atomic E-state index is 0.708. The predicted molar refractivity (Wildman–Crippen MR) is 272 cm³/mol. The van der Waals surface area contributed by atoms with Crippen LogP contribution in [0.1, 0.15) is 0 Å². The Morgan fingerprint density at radius 2 is 0.923 bits per heavy atom. The minimum absolute atomic E-state index is 0.708. The smallest absolute Gasteiger partial charge is 0.160 e. The molecular weight excluding hydrogens is 789 g/mol. The van der Waals surface area contributed by atoms with E-state index in [9.17, 15) is 0 Å². The Hall–Kier alpha value is -8.73. The average Bonchev–Trinajstić information content (AvgIpc) is 3.69. The number of para-hydroxylation sites is 2. The van der Waals surface area contributed by atoms with Crippen molar-refractivity contribution in [3.8, 4) is 50.7 Å². The van der Waals surface area contributed by atoms with Crippen LogP contribution in [0, 0.1) is 0 Å². The highest BCUT2D eigenvalue weighted by molar-refractivity contribution is 6.26. The van der Waals surface area contributed by atoms with E-state index in [1.165, 1.54) is 48.5 Å². The van der Waals surface area contributed by atoms with Crippen molar-refractivity contribution in [2.24, 2.45) is 0 Å². The maximum atomic E-state index is 5.38. The molecule has 300 valence electrons. The molecule has 0 saturated heterocycles. The topological polar surface area (TPSA) is 43.6 Å². The first-order chi connectivity index (χ1) is 32.2. The second-order valence-electron chi connectivity index (χ2n) is 17.1. The van der Waals surface area contributed by atoms with Gasteiger partial charge in [-0.25, -0.2) is 15.0 Å². The monoisotopic (exact) mass is 824 g/mol. The quantitative estimate of drug-likeness (QED) is 0.162. The van der Waals surface area contributed by atoms with Crippen LogP contribution in [0.15, 0.2) is 218 Å². The lowest BCUT2D eigenvalue weighted by Crippen LogP contribution is -1.96. The molecule has 14 aromatic rings. The zero-order valence-electron chi connectivity index (χ0n) is 35.1. The van der Waals surface area contributed by atoms with Crippen molar-refractivity contribution in [2.45, 2.75) is 0 Å². The molecule has 0 amide bonds. The van der Waals surface area contributed by atoms with Gasteiger partial charge in [0.2, 0.25) is 0 Å². The maximum Gasteiger partial charge on any atom is 0.160 e. The van der Waals surface area contributed by atoms with E-state index >= 15 is 0 Å². The lowest BCUT2D eigenvalue weighted by Gasteiger charge is -2.15. The molecule has 14 rings (SSSR count). The van der Waals surface area contributed by atoms with Crippen molar-refractivity contribution in [2.75, 3.05) is 0 Å². The van der Waals surface area contributed by atoms with E-state index in [0.717, 1.165) is 83.1 Å². The van der Waals surface area contributed by atoms with Crippen LogP contribution in [0.2, 0.25) is 0 Å². The summed E-state index contributed by atoms with van der Waals surface area (Å²) in [7, 11) is 0. The van der Waals surface area contributed by atoms with Crippen LogP contribution in [0.4, 0.5) is 0 Å². The van der Waals surface area contributed by atoms with Crippen molar-refractivity contribution in [3.63, 3.8) is 0 Å². The van der Waals surface area contributed by atoms with Crippen LogP contribution < -0.4 is 0 Å². The third kappa shape index (κ3) is 5.47. The molecule has 0 spiro atoms. The van der Waals surface area contributed by atoms with Crippen LogP contribution in [0.3, 0.4) is 0 Å². The van der Waals surface area contributed by atoms with Crippen molar-refractivity contribution < 1.29 is 0 Å². The highest BCUT2D eigenvalue weighted by Crippen LogP contribution is 2.43. The minimum Gasteiger partial charge on any atom is -0.309 e. The standard InChI is InChI=1S/C61H36N4/c1-3-12-41(13-4-1)59-48-19-8-7-18-45(48)51-36-56-52(35-54(51)62-59)46-31-30-43(34-55(46)65(56)44-16-5-2-6-17-44)37-22-26-42(27-23-37)61-63-53-21-10-9-20-50(53)60(64-61)49-33-29-40-25-24-38-14-11-15-39-28-32-47(49)58(40)57(38)39/h1-36H. The molecule has 0 radical (unpaired) electrons. The molecule has 4 nitrogen and oxygen atoms in total. The van der Waals surface area contributed by atoms with Crippen LogP contribution in [0.5, 0.6) is 0 Å². The molecule has 0 aliphatic heterocycles. The van der Waals surface area contributed by atoms with Gasteiger partial charge in [0, 0.05) is 49.3 Å².